The maximum absolute atomic E-state index is 12.1. The summed E-state index contributed by atoms with van der Waals surface area (Å²) in [5.41, 5.74) is 2.13. The SMILES string of the molecule is COC(=O)[C@@H](CC(C)C)NC(=O)COC(=O)c1cc(C)ccc1C. The molecule has 0 spiro atoms. The molecule has 0 bridgehead atoms. The molecule has 1 amide bonds. The van der Waals surface area contributed by atoms with Crippen LogP contribution in [0.5, 0.6) is 0 Å². The second-order valence-electron chi connectivity index (χ2n) is 6.17. The number of benzene rings is 1. The lowest BCUT2D eigenvalue weighted by molar-refractivity contribution is -0.145. The quantitative estimate of drug-likeness (QED) is 0.772. The Balaban J connectivity index is 2.62. The zero-order chi connectivity index (χ0) is 18.3. The van der Waals surface area contributed by atoms with Gasteiger partial charge in [-0.1, -0.05) is 31.5 Å². The van der Waals surface area contributed by atoms with Crippen molar-refractivity contribution in [2.75, 3.05) is 13.7 Å². The van der Waals surface area contributed by atoms with Crippen molar-refractivity contribution < 1.29 is 23.9 Å². The maximum atomic E-state index is 12.1. The molecule has 1 aromatic rings. The number of methoxy groups -OCH3 is 1. The molecule has 0 heterocycles. The number of aryl methyl sites for hydroxylation is 2. The Morgan fingerprint density at radius 2 is 1.83 bits per heavy atom. The summed E-state index contributed by atoms with van der Waals surface area (Å²) in [6.07, 6.45) is 0.448. The molecule has 0 radical (unpaired) electrons. The molecule has 1 aromatic carbocycles. The molecule has 0 aromatic heterocycles. The van der Waals surface area contributed by atoms with E-state index < -0.39 is 30.5 Å². The largest absolute Gasteiger partial charge is 0.467 e. The second-order valence-corrected chi connectivity index (χ2v) is 6.17. The Morgan fingerprint density at radius 3 is 2.42 bits per heavy atom. The van der Waals surface area contributed by atoms with E-state index in [1.54, 1.807) is 13.0 Å². The van der Waals surface area contributed by atoms with Crippen LogP contribution < -0.4 is 5.32 Å². The van der Waals surface area contributed by atoms with E-state index in [9.17, 15) is 14.4 Å². The average molecular weight is 335 g/mol. The Labute approximate surface area is 142 Å². The molecule has 24 heavy (non-hydrogen) atoms. The number of rotatable bonds is 7. The fourth-order valence-corrected chi connectivity index (χ4v) is 2.23. The van der Waals surface area contributed by atoms with Crippen LogP contribution in [0.15, 0.2) is 18.2 Å². The van der Waals surface area contributed by atoms with Gasteiger partial charge in [0.15, 0.2) is 6.61 Å². The van der Waals surface area contributed by atoms with Crippen molar-refractivity contribution in [3.05, 3.63) is 34.9 Å². The first-order chi connectivity index (χ1) is 11.2. The lowest BCUT2D eigenvalue weighted by atomic mass is 10.0. The van der Waals surface area contributed by atoms with Gasteiger partial charge in [-0.3, -0.25) is 4.79 Å². The number of nitrogens with one attached hydrogen (secondary N) is 1. The number of carbonyl (C=O) groups is 3. The highest BCUT2D eigenvalue weighted by Gasteiger charge is 2.23. The van der Waals surface area contributed by atoms with E-state index >= 15 is 0 Å². The number of esters is 2. The number of amides is 1. The van der Waals surface area contributed by atoms with E-state index in [4.69, 9.17) is 4.74 Å². The third kappa shape index (κ3) is 6.02. The normalized spacial score (nSPS) is 11.8. The number of hydrogen-bond donors (Lipinski definition) is 1. The summed E-state index contributed by atoms with van der Waals surface area (Å²) in [6, 6.07) is 4.68. The van der Waals surface area contributed by atoms with Gasteiger partial charge in [0.05, 0.1) is 12.7 Å². The molecule has 1 rings (SSSR count). The average Bonchev–Trinajstić information content (AvgIpc) is 2.53. The first-order valence-electron chi connectivity index (χ1n) is 7.86. The maximum Gasteiger partial charge on any atom is 0.338 e. The molecule has 0 saturated heterocycles. The molecule has 1 atom stereocenters. The van der Waals surface area contributed by atoms with Crippen LogP contribution in [0.25, 0.3) is 0 Å². The molecule has 1 N–H and O–H groups in total. The minimum atomic E-state index is -0.748. The van der Waals surface area contributed by atoms with Gasteiger partial charge in [0, 0.05) is 0 Å². The van der Waals surface area contributed by atoms with E-state index in [0.717, 1.165) is 11.1 Å². The van der Waals surface area contributed by atoms with Gasteiger partial charge in [0.25, 0.3) is 5.91 Å². The van der Waals surface area contributed by atoms with E-state index in [-0.39, 0.29) is 5.92 Å². The molecular formula is C18H25NO5. The lowest BCUT2D eigenvalue weighted by Gasteiger charge is -2.18. The molecule has 0 unspecified atom stereocenters. The number of carbonyl (C=O) groups excluding carboxylic acids is 3. The highest BCUT2D eigenvalue weighted by Crippen LogP contribution is 2.12. The summed E-state index contributed by atoms with van der Waals surface area (Å²) in [7, 11) is 1.27. The molecular weight excluding hydrogens is 310 g/mol. The molecule has 6 nitrogen and oxygen atoms in total. The Kier molecular flexibility index (Phi) is 7.42. The van der Waals surface area contributed by atoms with Gasteiger partial charge in [-0.15, -0.1) is 0 Å². The molecule has 0 fully saturated rings. The van der Waals surface area contributed by atoms with Crippen molar-refractivity contribution in [2.24, 2.45) is 5.92 Å². The summed E-state index contributed by atoms with van der Waals surface area (Å²) < 4.78 is 9.72. The van der Waals surface area contributed by atoms with Crippen molar-refractivity contribution in [1.82, 2.24) is 5.32 Å². The number of ether oxygens (including phenoxy) is 2. The Hall–Kier alpha value is -2.37. The van der Waals surface area contributed by atoms with Gasteiger partial charge >= 0.3 is 11.9 Å². The predicted octanol–water partition coefficient (Wildman–Crippen LogP) is 2.16. The van der Waals surface area contributed by atoms with Gasteiger partial charge < -0.3 is 14.8 Å². The fraction of sp³-hybridized carbons (Fsp3) is 0.500. The van der Waals surface area contributed by atoms with E-state index in [0.29, 0.717) is 12.0 Å². The first-order valence-corrected chi connectivity index (χ1v) is 7.86. The molecule has 0 saturated carbocycles. The van der Waals surface area contributed by atoms with E-state index in [1.165, 1.54) is 7.11 Å². The van der Waals surface area contributed by atoms with Gasteiger partial charge in [0.2, 0.25) is 0 Å². The first kappa shape index (κ1) is 19.7. The second kappa shape index (κ2) is 9.05. The van der Waals surface area contributed by atoms with Crippen LogP contribution in [0.2, 0.25) is 0 Å². The van der Waals surface area contributed by atoms with E-state index in [2.05, 4.69) is 10.1 Å². The van der Waals surface area contributed by atoms with Crippen molar-refractivity contribution in [3.63, 3.8) is 0 Å². The zero-order valence-electron chi connectivity index (χ0n) is 14.8. The van der Waals surface area contributed by atoms with Crippen molar-refractivity contribution in [2.45, 2.75) is 40.2 Å². The molecule has 6 heteroatoms. The Morgan fingerprint density at radius 1 is 1.17 bits per heavy atom. The van der Waals surface area contributed by atoms with Crippen LogP contribution in [-0.2, 0) is 19.1 Å². The Bertz CT molecular complexity index is 609. The summed E-state index contributed by atoms with van der Waals surface area (Å²) >= 11 is 0. The van der Waals surface area contributed by atoms with Gasteiger partial charge in [0.1, 0.15) is 6.04 Å². The van der Waals surface area contributed by atoms with Crippen LogP contribution in [0, 0.1) is 19.8 Å². The van der Waals surface area contributed by atoms with E-state index in [1.807, 2.05) is 32.9 Å². The third-order valence-electron chi connectivity index (χ3n) is 3.48. The minimum Gasteiger partial charge on any atom is -0.467 e. The number of hydrogen-bond acceptors (Lipinski definition) is 5. The van der Waals surface area contributed by atoms with Crippen LogP contribution in [-0.4, -0.2) is 37.6 Å². The monoisotopic (exact) mass is 335 g/mol. The lowest BCUT2D eigenvalue weighted by Crippen LogP contribution is -2.44. The fourth-order valence-electron chi connectivity index (χ4n) is 2.23. The molecule has 0 aliphatic carbocycles. The predicted molar refractivity (Wildman–Crippen MR) is 89.6 cm³/mol. The van der Waals surface area contributed by atoms with Crippen LogP contribution in [0.4, 0.5) is 0 Å². The summed E-state index contributed by atoms with van der Waals surface area (Å²) in [4.78, 5) is 35.7. The molecule has 132 valence electrons. The van der Waals surface area contributed by atoms with Crippen LogP contribution >= 0.6 is 0 Å². The van der Waals surface area contributed by atoms with Crippen LogP contribution in [0.3, 0.4) is 0 Å². The summed E-state index contributed by atoms with van der Waals surface area (Å²) in [6.45, 7) is 7.09. The van der Waals surface area contributed by atoms with Crippen molar-refractivity contribution in [1.29, 1.82) is 0 Å². The molecule has 0 aliphatic rings. The van der Waals surface area contributed by atoms with Crippen LogP contribution in [0.1, 0.15) is 41.8 Å². The standard InChI is InChI=1S/C18H25NO5/c1-11(2)8-15(18(22)23-5)19-16(20)10-24-17(21)14-9-12(3)6-7-13(14)4/h6-7,9,11,15H,8,10H2,1-5H3,(H,19,20)/t15-/m1/s1. The van der Waals surface area contributed by atoms with Gasteiger partial charge in [-0.25, -0.2) is 9.59 Å². The van der Waals surface area contributed by atoms with Crippen molar-refractivity contribution in [3.8, 4) is 0 Å². The highest BCUT2D eigenvalue weighted by atomic mass is 16.5. The summed E-state index contributed by atoms with van der Waals surface area (Å²) in [5.74, 6) is -1.42. The topological polar surface area (TPSA) is 81.7 Å². The van der Waals surface area contributed by atoms with Crippen molar-refractivity contribution >= 4 is 17.8 Å². The summed E-state index contributed by atoms with van der Waals surface area (Å²) in [5, 5.41) is 2.54. The van der Waals surface area contributed by atoms with Gasteiger partial charge in [-0.2, -0.15) is 0 Å². The smallest absolute Gasteiger partial charge is 0.338 e. The minimum absolute atomic E-state index is 0.201. The highest BCUT2D eigenvalue weighted by molar-refractivity contribution is 5.93. The molecule has 0 aliphatic heterocycles. The third-order valence-corrected chi connectivity index (χ3v) is 3.48. The zero-order valence-corrected chi connectivity index (χ0v) is 14.8. The van der Waals surface area contributed by atoms with Gasteiger partial charge in [-0.05, 0) is 37.8 Å².